The number of amides is 1. The summed E-state index contributed by atoms with van der Waals surface area (Å²) in [5, 5.41) is 0.800. The van der Waals surface area contributed by atoms with Gasteiger partial charge in [0.25, 0.3) is 0 Å². The molecule has 0 bridgehead atoms. The van der Waals surface area contributed by atoms with Gasteiger partial charge in [0.15, 0.2) is 5.65 Å². The van der Waals surface area contributed by atoms with E-state index in [-0.39, 0.29) is 6.10 Å². The Labute approximate surface area is 185 Å². The molecular formula is C24H26F2N4O2. The van der Waals surface area contributed by atoms with Gasteiger partial charge >= 0.3 is 6.09 Å². The fraction of sp³-hybridized carbons (Fsp3) is 0.375. The second kappa shape index (κ2) is 8.33. The van der Waals surface area contributed by atoms with E-state index >= 15 is 0 Å². The van der Waals surface area contributed by atoms with Crippen LogP contribution in [-0.4, -0.2) is 35.3 Å². The number of pyridine rings is 2. The number of halogens is 2. The van der Waals surface area contributed by atoms with Crippen LogP contribution < -0.4 is 10.6 Å². The van der Waals surface area contributed by atoms with Gasteiger partial charge in [-0.2, -0.15) is 0 Å². The van der Waals surface area contributed by atoms with E-state index in [9.17, 15) is 13.6 Å². The fourth-order valence-corrected chi connectivity index (χ4v) is 4.28. The number of anilines is 1. The summed E-state index contributed by atoms with van der Waals surface area (Å²) in [4.78, 5) is 22.6. The van der Waals surface area contributed by atoms with E-state index in [4.69, 9.17) is 15.5 Å². The standard InChI is InChI=1S/C24H26F2N4O2/c1-24(2,3)21-19(14-11-15(25)13-16(26)12-14)20(18-5-4-8-28-22(18)29-21)30-9-6-17(7-10-30)32-23(27)31/h4-5,8,11-13,17H,6-7,9-10H2,1-3H3,(H2,27,31). The van der Waals surface area contributed by atoms with Crippen molar-refractivity contribution in [3.63, 3.8) is 0 Å². The minimum absolute atomic E-state index is 0.257. The Kier molecular flexibility index (Phi) is 5.71. The van der Waals surface area contributed by atoms with Crippen LogP contribution >= 0.6 is 0 Å². The third-order valence-electron chi connectivity index (χ3n) is 5.64. The summed E-state index contributed by atoms with van der Waals surface area (Å²) in [6.45, 7) is 7.21. The van der Waals surface area contributed by atoms with Crippen LogP contribution in [0.5, 0.6) is 0 Å². The van der Waals surface area contributed by atoms with Gasteiger partial charge in [0, 0.05) is 54.6 Å². The Morgan fingerprint density at radius 1 is 1.16 bits per heavy atom. The van der Waals surface area contributed by atoms with E-state index in [2.05, 4.69) is 9.88 Å². The van der Waals surface area contributed by atoms with Gasteiger partial charge in [-0.3, -0.25) is 0 Å². The zero-order valence-electron chi connectivity index (χ0n) is 18.4. The monoisotopic (exact) mass is 440 g/mol. The number of carbonyl (C=O) groups excluding carboxylic acids is 1. The SMILES string of the molecule is CC(C)(C)c1nc2ncccc2c(N2CCC(OC(N)=O)CC2)c1-c1cc(F)cc(F)c1. The highest BCUT2D eigenvalue weighted by Gasteiger charge is 2.31. The number of benzene rings is 1. The third kappa shape index (κ3) is 4.35. The second-order valence-corrected chi connectivity index (χ2v) is 9.09. The maximum absolute atomic E-state index is 14.3. The van der Waals surface area contributed by atoms with Crippen molar-refractivity contribution in [1.82, 2.24) is 9.97 Å². The van der Waals surface area contributed by atoms with Crippen molar-refractivity contribution in [2.45, 2.75) is 45.1 Å². The quantitative estimate of drug-likeness (QED) is 0.624. The van der Waals surface area contributed by atoms with Crippen molar-refractivity contribution in [2.75, 3.05) is 18.0 Å². The molecule has 4 rings (SSSR count). The van der Waals surface area contributed by atoms with Crippen molar-refractivity contribution in [3.8, 4) is 11.1 Å². The summed E-state index contributed by atoms with van der Waals surface area (Å²) in [5.41, 5.74) is 7.99. The summed E-state index contributed by atoms with van der Waals surface area (Å²) < 4.78 is 33.7. The molecule has 1 aliphatic heterocycles. The average molecular weight is 440 g/mol. The number of nitrogens with zero attached hydrogens (tertiary/aromatic N) is 3. The lowest BCUT2D eigenvalue weighted by molar-refractivity contribution is 0.0913. The van der Waals surface area contributed by atoms with E-state index in [1.807, 2.05) is 32.9 Å². The number of rotatable bonds is 3. The van der Waals surface area contributed by atoms with Crippen LogP contribution in [0.25, 0.3) is 22.2 Å². The lowest BCUT2D eigenvalue weighted by atomic mass is 9.84. The van der Waals surface area contributed by atoms with Crippen LogP contribution in [0.3, 0.4) is 0 Å². The largest absolute Gasteiger partial charge is 0.446 e. The highest BCUT2D eigenvalue weighted by Crippen LogP contribution is 2.43. The number of hydrogen-bond acceptors (Lipinski definition) is 5. The van der Waals surface area contributed by atoms with Crippen LogP contribution in [0.2, 0.25) is 0 Å². The number of piperidine rings is 1. The molecular weight excluding hydrogens is 414 g/mol. The summed E-state index contributed by atoms with van der Waals surface area (Å²) >= 11 is 0. The van der Waals surface area contributed by atoms with E-state index in [0.717, 1.165) is 17.1 Å². The van der Waals surface area contributed by atoms with Gasteiger partial charge in [0.05, 0.1) is 11.4 Å². The van der Waals surface area contributed by atoms with Gasteiger partial charge in [-0.1, -0.05) is 20.8 Å². The van der Waals surface area contributed by atoms with Crippen molar-refractivity contribution in [3.05, 3.63) is 53.9 Å². The van der Waals surface area contributed by atoms with Gasteiger partial charge < -0.3 is 15.4 Å². The summed E-state index contributed by atoms with van der Waals surface area (Å²) in [6, 6.07) is 7.28. The number of aromatic nitrogens is 2. The molecule has 1 aromatic carbocycles. The van der Waals surface area contributed by atoms with Gasteiger partial charge in [-0.15, -0.1) is 0 Å². The normalized spacial score (nSPS) is 15.2. The number of ether oxygens (including phenoxy) is 1. The summed E-state index contributed by atoms with van der Waals surface area (Å²) in [5.74, 6) is -1.30. The molecule has 0 unspecified atom stereocenters. The van der Waals surface area contributed by atoms with Crippen molar-refractivity contribution in [1.29, 1.82) is 0 Å². The first-order valence-electron chi connectivity index (χ1n) is 10.6. The van der Waals surface area contributed by atoms with Crippen LogP contribution in [0, 0.1) is 11.6 Å². The van der Waals surface area contributed by atoms with Crippen LogP contribution in [-0.2, 0) is 10.2 Å². The molecule has 0 atom stereocenters. The molecule has 0 radical (unpaired) electrons. The molecule has 2 N–H and O–H groups in total. The maximum atomic E-state index is 14.3. The van der Waals surface area contributed by atoms with Gasteiger partial charge in [0.2, 0.25) is 0 Å². The van der Waals surface area contributed by atoms with Gasteiger partial charge in [0.1, 0.15) is 17.7 Å². The molecule has 2 aromatic heterocycles. The zero-order chi connectivity index (χ0) is 23.0. The van der Waals surface area contributed by atoms with E-state index in [1.165, 1.54) is 12.1 Å². The van der Waals surface area contributed by atoms with Crippen molar-refractivity contribution >= 4 is 22.8 Å². The average Bonchev–Trinajstić information content (AvgIpc) is 2.71. The molecule has 168 valence electrons. The molecule has 1 aliphatic rings. The molecule has 1 amide bonds. The first-order chi connectivity index (χ1) is 15.1. The number of fused-ring (bicyclic) bond motifs is 1. The first kappa shape index (κ1) is 21.9. The van der Waals surface area contributed by atoms with Gasteiger partial charge in [-0.25, -0.2) is 23.5 Å². The number of nitrogens with two attached hydrogens (primary N) is 1. The number of carbonyl (C=O) groups is 1. The topological polar surface area (TPSA) is 81.3 Å². The van der Waals surface area contributed by atoms with Crippen LogP contribution in [0.15, 0.2) is 36.5 Å². The lowest BCUT2D eigenvalue weighted by Gasteiger charge is -2.36. The Hall–Kier alpha value is -3.29. The second-order valence-electron chi connectivity index (χ2n) is 9.09. The lowest BCUT2D eigenvalue weighted by Crippen LogP contribution is -2.39. The van der Waals surface area contributed by atoms with Crippen LogP contribution in [0.4, 0.5) is 19.3 Å². The number of primary amides is 1. The molecule has 3 heterocycles. The fourth-order valence-electron chi connectivity index (χ4n) is 4.28. The van der Waals surface area contributed by atoms with E-state index in [1.54, 1.807) is 6.20 Å². The molecule has 8 heteroatoms. The highest BCUT2D eigenvalue weighted by atomic mass is 19.1. The summed E-state index contributed by atoms with van der Waals surface area (Å²) in [6.07, 6.45) is 1.82. The Bertz CT molecular complexity index is 1150. The van der Waals surface area contributed by atoms with E-state index < -0.39 is 23.1 Å². The maximum Gasteiger partial charge on any atom is 0.404 e. The molecule has 1 saturated heterocycles. The predicted octanol–water partition coefficient (Wildman–Crippen LogP) is 4.94. The number of hydrogen-bond donors (Lipinski definition) is 1. The molecule has 6 nitrogen and oxygen atoms in total. The molecule has 32 heavy (non-hydrogen) atoms. The molecule has 0 spiro atoms. The third-order valence-corrected chi connectivity index (χ3v) is 5.64. The Balaban J connectivity index is 1.95. The molecule has 0 aliphatic carbocycles. The van der Waals surface area contributed by atoms with Crippen molar-refractivity contribution < 1.29 is 18.3 Å². The minimum Gasteiger partial charge on any atom is -0.446 e. The Morgan fingerprint density at radius 3 is 2.41 bits per heavy atom. The highest BCUT2D eigenvalue weighted by molar-refractivity contribution is 6.00. The predicted molar refractivity (Wildman–Crippen MR) is 119 cm³/mol. The van der Waals surface area contributed by atoms with E-state index in [0.29, 0.717) is 48.4 Å². The molecule has 0 saturated carbocycles. The zero-order valence-corrected chi connectivity index (χ0v) is 18.4. The summed E-state index contributed by atoms with van der Waals surface area (Å²) in [7, 11) is 0. The first-order valence-corrected chi connectivity index (χ1v) is 10.6. The van der Waals surface area contributed by atoms with Crippen LogP contribution in [0.1, 0.15) is 39.3 Å². The minimum atomic E-state index is -0.784. The van der Waals surface area contributed by atoms with Gasteiger partial charge in [-0.05, 0) is 29.8 Å². The molecule has 3 aromatic rings. The smallest absolute Gasteiger partial charge is 0.404 e. The van der Waals surface area contributed by atoms with Crippen molar-refractivity contribution in [2.24, 2.45) is 5.73 Å². The molecule has 1 fully saturated rings. The Morgan fingerprint density at radius 2 is 1.81 bits per heavy atom.